The van der Waals surface area contributed by atoms with Crippen molar-refractivity contribution in [2.45, 2.75) is 19.4 Å². The maximum absolute atomic E-state index is 12.8. The largest absolute Gasteiger partial charge is 0.492 e. The molecule has 2 bridgehead atoms. The van der Waals surface area contributed by atoms with Crippen LogP contribution in [0.2, 0.25) is 0 Å². The van der Waals surface area contributed by atoms with Crippen LogP contribution >= 0.6 is 0 Å². The van der Waals surface area contributed by atoms with Crippen molar-refractivity contribution in [3.8, 4) is 0 Å². The number of methoxy groups -OCH3 is 2. The molecule has 21 heavy (non-hydrogen) atoms. The molecule has 0 amide bonds. The number of carbonyl (C=O) groups excluding carboxylic acids is 4. The smallest absolute Gasteiger partial charge is 0.232 e. The summed E-state index contributed by atoms with van der Waals surface area (Å²) in [7, 11) is 2.52. The van der Waals surface area contributed by atoms with Crippen LogP contribution in [0, 0.1) is 11.3 Å². The first-order valence-corrected chi connectivity index (χ1v) is 6.48. The second kappa shape index (κ2) is 3.76. The van der Waals surface area contributed by atoms with Gasteiger partial charge < -0.3 is 9.47 Å². The monoisotopic (exact) mass is 290 g/mol. The molecular formula is C15H14O6. The van der Waals surface area contributed by atoms with Gasteiger partial charge in [0.15, 0.2) is 17.3 Å². The van der Waals surface area contributed by atoms with Crippen molar-refractivity contribution >= 4 is 23.1 Å². The van der Waals surface area contributed by atoms with E-state index in [1.165, 1.54) is 14.2 Å². The van der Waals surface area contributed by atoms with Crippen molar-refractivity contribution in [3.05, 3.63) is 23.0 Å². The topological polar surface area (TPSA) is 86.7 Å². The molecule has 2 atom stereocenters. The van der Waals surface area contributed by atoms with Crippen molar-refractivity contribution < 1.29 is 28.7 Å². The first-order chi connectivity index (χ1) is 9.75. The highest BCUT2D eigenvalue weighted by Crippen LogP contribution is 2.67. The molecule has 110 valence electrons. The van der Waals surface area contributed by atoms with Crippen molar-refractivity contribution in [1.29, 1.82) is 0 Å². The van der Waals surface area contributed by atoms with Crippen LogP contribution in [-0.2, 0) is 28.7 Å². The first kappa shape index (κ1) is 13.9. The number of allylic oxidation sites excluding steroid dienone is 2. The predicted octanol–water partition coefficient (Wildman–Crippen LogP) is 0.158. The fourth-order valence-electron chi connectivity index (χ4n) is 3.68. The van der Waals surface area contributed by atoms with Gasteiger partial charge in [-0.25, -0.2) is 0 Å². The molecule has 0 heterocycles. The number of hydrogen-bond donors (Lipinski definition) is 0. The molecule has 1 fully saturated rings. The molecular weight excluding hydrogens is 276 g/mol. The molecule has 0 aliphatic heterocycles. The zero-order valence-electron chi connectivity index (χ0n) is 12.1. The highest BCUT2D eigenvalue weighted by Gasteiger charge is 2.81. The van der Waals surface area contributed by atoms with Gasteiger partial charge in [-0.05, 0) is 0 Å². The van der Waals surface area contributed by atoms with E-state index in [1.807, 2.05) is 0 Å². The molecule has 1 saturated carbocycles. The Kier molecular flexibility index (Phi) is 2.49. The third-order valence-corrected chi connectivity index (χ3v) is 4.82. The molecule has 6 nitrogen and oxygen atoms in total. The lowest BCUT2D eigenvalue weighted by Gasteiger charge is -2.24. The Balaban J connectivity index is 2.35. The van der Waals surface area contributed by atoms with E-state index in [-0.39, 0.29) is 16.9 Å². The second-order valence-electron chi connectivity index (χ2n) is 5.95. The number of Topliss-reactive ketones (excluding diaryl/α,β-unsaturated/α-hetero) is 3. The lowest BCUT2D eigenvalue weighted by molar-refractivity contribution is -0.137. The van der Waals surface area contributed by atoms with Crippen LogP contribution < -0.4 is 0 Å². The molecule has 6 heteroatoms. The summed E-state index contributed by atoms with van der Waals surface area (Å²) in [6, 6.07) is 0. The predicted molar refractivity (Wildman–Crippen MR) is 69.2 cm³/mol. The summed E-state index contributed by atoms with van der Waals surface area (Å²) in [5.41, 5.74) is -2.74. The van der Waals surface area contributed by atoms with E-state index < -0.39 is 40.1 Å². The molecule has 2 unspecified atom stereocenters. The zero-order chi connectivity index (χ0) is 15.7. The Hall–Kier alpha value is -2.08. The van der Waals surface area contributed by atoms with Gasteiger partial charge in [-0.3, -0.25) is 19.2 Å². The molecule has 0 saturated heterocycles. The van der Waals surface area contributed by atoms with Crippen LogP contribution in [0.3, 0.4) is 0 Å². The van der Waals surface area contributed by atoms with Crippen molar-refractivity contribution in [2.24, 2.45) is 11.3 Å². The number of ketones is 4. The third-order valence-electron chi connectivity index (χ3n) is 4.82. The molecule has 4 aliphatic rings. The highest BCUT2D eigenvalue weighted by molar-refractivity contribution is 6.43. The average molecular weight is 290 g/mol. The van der Waals surface area contributed by atoms with Gasteiger partial charge in [-0.2, -0.15) is 0 Å². The zero-order valence-corrected chi connectivity index (χ0v) is 12.1. The van der Waals surface area contributed by atoms with E-state index >= 15 is 0 Å². The van der Waals surface area contributed by atoms with E-state index in [0.717, 1.165) is 6.08 Å². The molecule has 4 aliphatic carbocycles. The summed E-state index contributed by atoms with van der Waals surface area (Å²) in [6.45, 7) is 3.43. The Morgan fingerprint density at radius 1 is 1.10 bits per heavy atom. The maximum Gasteiger partial charge on any atom is 0.232 e. The molecule has 4 rings (SSSR count). The SMILES string of the molecule is COC1=C2C(=O)C=C(C1=O)C(=O)C1C(C)(C)C1(OC)C2=O. The average Bonchev–Trinajstić information content (AvgIpc) is 2.94. The Bertz CT molecular complexity index is 693. The van der Waals surface area contributed by atoms with Gasteiger partial charge in [0.05, 0.1) is 18.6 Å². The molecule has 0 aromatic rings. The second-order valence-corrected chi connectivity index (χ2v) is 5.95. The van der Waals surface area contributed by atoms with E-state index in [1.54, 1.807) is 13.8 Å². The number of rotatable bonds is 2. The quantitative estimate of drug-likeness (QED) is 0.532. The van der Waals surface area contributed by atoms with Gasteiger partial charge in [0, 0.05) is 18.6 Å². The normalized spacial score (nSPS) is 33.5. The van der Waals surface area contributed by atoms with E-state index in [9.17, 15) is 19.2 Å². The minimum Gasteiger partial charge on any atom is -0.492 e. The highest BCUT2D eigenvalue weighted by atomic mass is 16.5. The van der Waals surface area contributed by atoms with E-state index in [0.29, 0.717) is 0 Å². The maximum atomic E-state index is 12.8. The van der Waals surface area contributed by atoms with Gasteiger partial charge >= 0.3 is 0 Å². The number of fused-ring (bicyclic) bond motifs is 2. The molecule has 0 aromatic carbocycles. The van der Waals surface area contributed by atoms with Crippen LogP contribution in [0.5, 0.6) is 0 Å². The number of hydrogen-bond acceptors (Lipinski definition) is 6. The minimum atomic E-state index is -1.40. The summed E-state index contributed by atoms with van der Waals surface area (Å²) in [4.78, 5) is 49.8. The van der Waals surface area contributed by atoms with Crippen LogP contribution in [0.15, 0.2) is 23.0 Å². The first-order valence-electron chi connectivity index (χ1n) is 6.48. The molecule has 0 spiro atoms. The summed E-state index contributed by atoms with van der Waals surface area (Å²) in [6.07, 6.45) is 0.939. The standard InChI is InChI=1S/C15H14O6/c1-14(2)12-10(18)6-5-7(16)8(11(20-3)9(6)17)13(19)15(12,14)21-4/h5,12H,1-4H3. The third kappa shape index (κ3) is 1.26. The molecule has 0 N–H and O–H groups in total. The summed E-state index contributed by atoms with van der Waals surface area (Å²) < 4.78 is 10.3. The van der Waals surface area contributed by atoms with Gasteiger partial charge in [0.2, 0.25) is 11.6 Å². The van der Waals surface area contributed by atoms with Gasteiger partial charge in [0.25, 0.3) is 0 Å². The van der Waals surface area contributed by atoms with Crippen LogP contribution in [0.4, 0.5) is 0 Å². The fraction of sp³-hybridized carbons (Fsp3) is 0.467. The van der Waals surface area contributed by atoms with Crippen molar-refractivity contribution in [2.75, 3.05) is 14.2 Å². The molecule has 0 radical (unpaired) electrons. The van der Waals surface area contributed by atoms with Crippen LogP contribution in [-0.4, -0.2) is 43.0 Å². The van der Waals surface area contributed by atoms with E-state index in [4.69, 9.17) is 9.47 Å². The molecule has 0 aromatic heterocycles. The van der Waals surface area contributed by atoms with E-state index in [2.05, 4.69) is 0 Å². The van der Waals surface area contributed by atoms with Gasteiger partial charge in [-0.15, -0.1) is 0 Å². The van der Waals surface area contributed by atoms with Gasteiger partial charge in [0.1, 0.15) is 11.2 Å². The number of carbonyl (C=O) groups is 4. The Morgan fingerprint density at radius 2 is 1.71 bits per heavy atom. The summed E-state index contributed by atoms with van der Waals surface area (Å²) in [5.74, 6) is -3.72. The minimum absolute atomic E-state index is 0.231. The Morgan fingerprint density at radius 3 is 2.24 bits per heavy atom. The lowest BCUT2D eigenvalue weighted by Crippen LogP contribution is -2.42. The van der Waals surface area contributed by atoms with Crippen LogP contribution in [0.1, 0.15) is 13.8 Å². The summed E-state index contributed by atoms with van der Waals surface area (Å²) in [5, 5.41) is 0. The van der Waals surface area contributed by atoms with Crippen LogP contribution in [0.25, 0.3) is 0 Å². The van der Waals surface area contributed by atoms with Gasteiger partial charge in [-0.1, -0.05) is 13.8 Å². The van der Waals surface area contributed by atoms with Crippen molar-refractivity contribution in [1.82, 2.24) is 0 Å². The Labute approximate surface area is 120 Å². The fourth-order valence-corrected chi connectivity index (χ4v) is 3.68. The summed E-state index contributed by atoms with van der Waals surface area (Å²) >= 11 is 0. The lowest BCUT2D eigenvalue weighted by atomic mass is 9.83. The van der Waals surface area contributed by atoms with Crippen molar-refractivity contribution in [3.63, 3.8) is 0 Å². The number of ether oxygens (including phenoxy) is 2.